The first-order valence-electron chi connectivity index (χ1n) is 9.50. The maximum Gasteiger partial charge on any atom is 0.425 e. The Morgan fingerprint density at radius 2 is 1.81 bits per heavy atom. The molecular weight excluding hydrogens is 417 g/mol. The van der Waals surface area contributed by atoms with Gasteiger partial charge in [-0.15, -0.1) is 0 Å². The number of carbonyl (C=O) groups excluding carboxylic acids is 3. The fraction of sp³-hybridized carbons (Fsp3) is 0.381. The van der Waals surface area contributed by atoms with Crippen LogP contribution >= 0.6 is 0 Å². The van der Waals surface area contributed by atoms with Crippen molar-refractivity contribution in [2.45, 2.75) is 44.9 Å². The molecule has 1 N–H and O–H groups in total. The summed E-state index contributed by atoms with van der Waals surface area (Å²) in [5.74, 6) is -3.70. The zero-order valence-electron chi connectivity index (χ0n) is 16.7. The Balaban J connectivity index is 1.88. The zero-order chi connectivity index (χ0) is 22.6. The van der Waals surface area contributed by atoms with Gasteiger partial charge in [0, 0.05) is 12.1 Å². The highest BCUT2D eigenvalue weighted by molar-refractivity contribution is 6.14. The quantitative estimate of drug-likeness (QED) is 0.791. The van der Waals surface area contributed by atoms with Gasteiger partial charge in [-0.25, -0.2) is 0 Å². The van der Waals surface area contributed by atoms with Crippen molar-refractivity contribution < 1.29 is 36.4 Å². The predicted octanol–water partition coefficient (Wildman–Crippen LogP) is 3.59. The Bertz CT molecular complexity index is 1070. The third-order valence-electron chi connectivity index (χ3n) is 5.48. The van der Waals surface area contributed by atoms with Gasteiger partial charge in [-0.2, -0.15) is 13.2 Å². The van der Waals surface area contributed by atoms with Crippen molar-refractivity contribution >= 4 is 17.6 Å². The Labute approximate surface area is 174 Å². The zero-order valence-corrected chi connectivity index (χ0v) is 16.7. The minimum Gasteiger partial charge on any atom is -0.467 e. The number of alkyl halides is 3. The molecule has 4 rings (SSSR count). The van der Waals surface area contributed by atoms with Crippen LogP contribution in [0.25, 0.3) is 0 Å². The molecule has 164 valence electrons. The fourth-order valence-corrected chi connectivity index (χ4v) is 4.19. The van der Waals surface area contributed by atoms with Crippen molar-refractivity contribution in [3.63, 3.8) is 0 Å². The van der Waals surface area contributed by atoms with Crippen molar-refractivity contribution in [2.75, 3.05) is 0 Å². The van der Waals surface area contributed by atoms with Gasteiger partial charge in [-0.05, 0) is 36.1 Å². The molecule has 2 aromatic heterocycles. The molecule has 0 spiro atoms. The summed E-state index contributed by atoms with van der Waals surface area (Å²) < 4.78 is 53.8. The van der Waals surface area contributed by atoms with Gasteiger partial charge in [0.05, 0.1) is 24.6 Å². The Kier molecular flexibility index (Phi) is 4.64. The SMILES string of the molecule is CC1(C)CC(=O)C2=C(C1)N(Cc1ccco1)C(=O)[C@@]2(NC(=O)c1ccco1)C(F)(F)F. The number of nitrogens with one attached hydrogen (secondary N) is 1. The minimum absolute atomic E-state index is 0.0506. The fourth-order valence-electron chi connectivity index (χ4n) is 4.19. The molecule has 0 bridgehead atoms. The van der Waals surface area contributed by atoms with Gasteiger partial charge < -0.3 is 19.1 Å². The number of furan rings is 2. The van der Waals surface area contributed by atoms with Crippen molar-refractivity contribution in [1.82, 2.24) is 10.2 Å². The van der Waals surface area contributed by atoms with Gasteiger partial charge in [0.15, 0.2) is 11.5 Å². The summed E-state index contributed by atoms with van der Waals surface area (Å²) in [4.78, 5) is 39.8. The number of Topliss-reactive ketones (excluding diaryl/α,β-unsaturated/α-hetero) is 1. The topological polar surface area (TPSA) is 92.8 Å². The average molecular weight is 436 g/mol. The molecular formula is C21H19F3N2O5. The lowest BCUT2D eigenvalue weighted by Crippen LogP contribution is -2.66. The van der Waals surface area contributed by atoms with Crippen molar-refractivity contribution in [3.8, 4) is 0 Å². The second-order valence-corrected chi connectivity index (χ2v) is 8.41. The molecule has 1 aliphatic carbocycles. The molecule has 0 unspecified atom stereocenters. The molecule has 0 radical (unpaired) electrons. The Hall–Kier alpha value is -3.30. The summed E-state index contributed by atoms with van der Waals surface area (Å²) in [6, 6.07) is 5.55. The van der Waals surface area contributed by atoms with Gasteiger partial charge >= 0.3 is 6.18 Å². The van der Waals surface area contributed by atoms with Crippen LogP contribution in [0.5, 0.6) is 0 Å². The smallest absolute Gasteiger partial charge is 0.425 e. The molecule has 7 nitrogen and oxygen atoms in total. The van der Waals surface area contributed by atoms with E-state index >= 15 is 0 Å². The summed E-state index contributed by atoms with van der Waals surface area (Å²) in [7, 11) is 0. The molecule has 1 atom stereocenters. The number of halogens is 3. The van der Waals surface area contributed by atoms with E-state index < -0.39 is 46.1 Å². The van der Waals surface area contributed by atoms with E-state index in [2.05, 4.69) is 0 Å². The number of amides is 2. The predicted molar refractivity (Wildman–Crippen MR) is 99.3 cm³/mol. The van der Waals surface area contributed by atoms with Crippen LogP contribution in [0.4, 0.5) is 13.2 Å². The normalized spacial score (nSPS) is 23.3. The maximum absolute atomic E-state index is 14.6. The Morgan fingerprint density at radius 3 is 2.39 bits per heavy atom. The molecule has 0 saturated carbocycles. The summed E-state index contributed by atoms with van der Waals surface area (Å²) >= 11 is 0. The van der Waals surface area contributed by atoms with Crippen LogP contribution in [0.1, 0.15) is 43.0 Å². The lowest BCUT2D eigenvalue weighted by molar-refractivity contribution is -0.191. The second kappa shape index (κ2) is 6.86. The van der Waals surface area contributed by atoms with E-state index in [9.17, 15) is 27.6 Å². The third kappa shape index (κ3) is 3.26. The first-order chi connectivity index (χ1) is 14.5. The van der Waals surface area contributed by atoms with E-state index in [4.69, 9.17) is 8.83 Å². The molecule has 2 aromatic rings. The van der Waals surface area contributed by atoms with Crippen LogP contribution in [0.15, 0.2) is 56.9 Å². The molecule has 3 heterocycles. The van der Waals surface area contributed by atoms with Gasteiger partial charge in [0.1, 0.15) is 5.76 Å². The molecule has 0 fully saturated rings. The van der Waals surface area contributed by atoms with Crippen molar-refractivity contribution in [3.05, 3.63) is 59.6 Å². The first-order valence-corrected chi connectivity index (χ1v) is 9.50. The van der Waals surface area contributed by atoms with Gasteiger partial charge in [0.2, 0.25) is 5.54 Å². The largest absolute Gasteiger partial charge is 0.467 e. The Morgan fingerprint density at radius 1 is 1.13 bits per heavy atom. The van der Waals surface area contributed by atoms with E-state index in [-0.39, 0.29) is 30.8 Å². The van der Waals surface area contributed by atoms with E-state index in [1.807, 2.05) is 0 Å². The van der Waals surface area contributed by atoms with Crippen LogP contribution in [0, 0.1) is 5.41 Å². The summed E-state index contributed by atoms with van der Waals surface area (Å²) in [5, 5.41) is 1.79. The first kappa shape index (κ1) is 21.0. The standard InChI is InChI=1S/C21H19F3N2O5/c1-19(2)9-13-16(14(27)10-19)20(21(22,23)24,25-17(28)15-6-4-8-31-15)18(29)26(13)11-12-5-3-7-30-12/h3-8H,9-11H2,1-2H3,(H,25,28)/t20-/m1/s1. The number of carbonyl (C=O) groups is 3. The average Bonchev–Trinajstić information content (AvgIpc) is 3.38. The van der Waals surface area contributed by atoms with Crippen LogP contribution in [-0.2, 0) is 16.1 Å². The maximum atomic E-state index is 14.6. The summed E-state index contributed by atoms with van der Waals surface area (Å²) in [6.07, 6.45) is -2.97. The van der Waals surface area contributed by atoms with Crippen molar-refractivity contribution in [2.24, 2.45) is 5.41 Å². The summed E-state index contributed by atoms with van der Waals surface area (Å²) in [6.45, 7) is 3.17. The number of ketones is 1. The van der Waals surface area contributed by atoms with Crippen LogP contribution < -0.4 is 5.32 Å². The van der Waals surface area contributed by atoms with E-state index in [0.717, 1.165) is 11.2 Å². The molecule has 2 amide bonds. The second-order valence-electron chi connectivity index (χ2n) is 8.41. The van der Waals surface area contributed by atoms with E-state index in [0.29, 0.717) is 0 Å². The number of rotatable bonds is 4. The monoisotopic (exact) mass is 436 g/mol. The number of allylic oxidation sites excluding steroid dienone is 1. The lowest BCUT2D eigenvalue weighted by Gasteiger charge is -2.35. The molecule has 0 saturated heterocycles. The molecule has 2 aliphatic rings. The van der Waals surface area contributed by atoms with Crippen LogP contribution in [0.3, 0.4) is 0 Å². The van der Waals surface area contributed by atoms with Crippen LogP contribution in [-0.4, -0.2) is 34.2 Å². The number of nitrogens with zero attached hydrogens (tertiary/aromatic N) is 1. The van der Waals surface area contributed by atoms with Crippen LogP contribution in [0.2, 0.25) is 0 Å². The minimum atomic E-state index is -5.28. The highest BCUT2D eigenvalue weighted by atomic mass is 19.4. The number of hydrogen-bond donors (Lipinski definition) is 1. The van der Waals surface area contributed by atoms with E-state index in [1.54, 1.807) is 19.2 Å². The lowest BCUT2D eigenvalue weighted by atomic mass is 9.72. The number of hydrogen-bond acceptors (Lipinski definition) is 5. The molecule has 10 heteroatoms. The van der Waals surface area contributed by atoms with Gasteiger partial charge in [0.25, 0.3) is 11.8 Å². The van der Waals surface area contributed by atoms with Gasteiger partial charge in [-0.3, -0.25) is 14.4 Å². The molecule has 31 heavy (non-hydrogen) atoms. The summed E-state index contributed by atoms with van der Waals surface area (Å²) in [5.41, 5.74) is -4.97. The highest BCUT2D eigenvalue weighted by Crippen LogP contribution is 2.52. The third-order valence-corrected chi connectivity index (χ3v) is 5.48. The van der Waals surface area contributed by atoms with Crippen molar-refractivity contribution in [1.29, 1.82) is 0 Å². The van der Waals surface area contributed by atoms with E-state index in [1.165, 1.54) is 30.5 Å². The molecule has 1 aliphatic heterocycles. The highest BCUT2D eigenvalue weighted by Gasteiger charge is 2.71. The van der Waals surface area contributed by atoms with Gasteiger partial charge in [-0.1, -0.05) is 13.8 Å². The molecule has 0 aromatic carbocycles.